The van der Waals surface area contributed by atoms with Crippen molar-refractivity contribution in [2.75, 3.05) is 6.61 Å². The van der Waals surface area contributed by atoms with Gasteiger partial charge in [-0.3, -0.25) is 10.0 Å². The van der Waals surface area contributed by atoms with Gasteiger partial charge < -0.3 is 9.47 Å². The molecular formula is C21H35NO4. The summed E-state index contributed by atoms with van der Waals surface area (Å²) >= 11 is 0. The molecule has 2 heterocycles. The van der Waals surface area contributed by atoms with Gasteiger partial charge in [0.1, 0.15) is 0 Å². The number of hydrogen-bond acceptors (Lipinski definition) is 4. The molecule has 5 heteroatoms. The summed E-state index contributed by atoms with van der Waals surface area (Å²) in [5.74, 6) is 0.785. The number of fused-ring (bicyclic) bond motifs is 2. The maximum absolute atomic E-state index is 11.6. The van der Waals surface area contributed by atoms with Gasteiger partial charge in [0.2, 0.25) is 5.91 Å². The van der Waals surface area contributed by atoms with Gasteiger partial charge in [-0.2, -0.15) is 0 Å². The highest BCUT2D eigenvalue weighted by atomic mass is 16.5. The molecule has 1 saturated carbocycles. The van der Waals surface area contributed by atoms with Crippen LogP contribution in [0.25, 0.3) is 0 Å². The zero-order valence-electron chi connectivity index (χ0n) is 16.3. The van der Waals surface area contributed by atoms with Crippen molar-refractivity contribution in [1.29, 1.82) is 0 Å². The summed E-state index contributed by atoms with van der Waals surface area (Å²) in [6.07, 6.45) is 15.7. The molecule has 0 aromatic carbocycles. The maximum Gasteiger partial charge on any atom is 0.248 e. The highest BCUT2D eigenvalue weighted by Crippen LogP contribution is 2.45. The van der Waals surface area contributed by atoms with E-state index in [0.717, 1.165) is 25.9 Å². The Morgan fingerprint density at radius 2 is 1.85 bits per heavy atom. The third-order valence-electron chi connectivity index (χ3n) is 6.64. The molecule has 3 rings (SSSR count). The van der Waals surface area contributed by atoms with Gasteiger partial charge in [-0.15, -0.1) is 0 Å². The number of ether oxygens (including phenoxy) is 2. The SMILES string of the molecule is CC(C)(CCC=CC[C@@H]1[C@H](COC2CCCC2)[C@@H]2CC[C@H]1O2)C(=O)NO. The minimum atomic E-state index is -0.549. The van der Waals surface area contributed by atoms with E-state index >= 15 is 0 Å². The number of allylic oxidation sites excluding steroid dienone is 2. The molecular weight excluding hydrogens is 330 g/mol. The largest absolute Gasteiger partial charge is 0.378 e. The summed E-state index contributed by atoms with van der Waals surface area (Å²) in [4.78, 5) is 11.6. The number of carbonyl (C=O) groups excluding carboxylic acids is 1. The highest BCUT2D eigenvalue weighted by Gasteiger charge is 2.48. The van der Waals surface area contributed by atoms with E-state index in [2.05, 4.69) is 12.2 Å². The Labute approximate surface area is 157 Å². The Bertz CT molecular complexity index is 498. The first kappa shape index (κ1) is 19.8. The second-order valence-electron chi connectivity index (χ2n) is 8.93. The Morgan fingerprint density at radius 3 is 2.54 bits per heavy atom. The molecule has 0 aromatic heterocycles. The minimum Gasteiger partial charge on any atom is -0.378 e. The van der Waals surface area contributed by atoms with E-state index in [1.54, 1.807) is 5.48 Å². The number of rotatable bonds is 9. The summed E-state index contributed by atoms with van der Waals surface area (Å²) in [5.41, 5.74) is 1.21. The normalized spacial score (nSPS) is 32.0. The molecule has 3 fully saturated rings. The predicted octanol–water partition coefficient (Wildman–Crippen LogP) is 4.00. The van der Waals surface area contributed by atoms with Crippen LogP contribution in [0.1, 0.15) is 71.6 Å². The van der Waals surface area contributed by atoms with Gasteiger partial charge in [-0.1, -0.05) is 38.8 Å². The van der Waals surface area contributed by atoms with Crippen LogP contribution in [0.2, 0.25) is 0 Å². The molecule has 4 atom stereocenters. The van der Waals surface area contributed by atoms with Crippen LogP contribution in [-0.2, 0) is 14.3 Å². The fourth-order valence-electron chi connectivity index (χ4n) is 4.81. The van der Waals surface area contributed by atoms with Gasteiger partial charge >= 0.3 is 0 Å². The van der Waals surface area contributed by atoms with Crippen LogP contribution in [0.4, 0.5) is 0 Å². The van der Waals surface area contributed by atoms with E-state index in [1.807, 2.05) is 13.8 Å². The number of carbonyl (C=O) groups is 1. The van der Waals surface area contributed by atoms with Gasteiger partial charge in [0, 0.05) is 11.3 Å². The molecule has 2 aliphatic heterocycles. The lowest BCUT2D eigenvalue weighted by molar-refractivity contribution is -0.138. The smallest absolute Gasteiger partial charge is 0.248 e. The monoisotopic (exact) mass is 365 g/mol. The molecule has 0 spiro atoms. The molecule has 0 radical (unpaired) electrons. The molecule has 1 amide bonds. The van der Waals surface area contributed by atoms with Crippen molar-refractivity contribution < 1.29 is 19.5 Å². The van der Waals surface area contributed by atoms with Crippen molar-refractivity contribution in [1.82, 2.24) is 5.48 Å². The molecule has 0 aromatic rings. The van der Waals surface area contributed by atoms with Crippen molar-refractivity contribution in [3.8, 4) is 0 Å². The van der Waals surface area contributed by atoms with Gasteiger partial charge in [0.05, 0.1) is 24.9 Å². The molecule has 3 aliphatic rings. The molecule has 2 saturated heterocycles. The Kier molecular flexibility index (Phi) is 6.76. The van der Waals surface area contributed by atoms with Crippen molar-refractivity contribution in [3.63, 3.8) is 0 Å². The van der Waals surface area contributed by atoms with Gasteiger partial charge in [-0.25, -0.2) is 5.48 Å². The lowest BCUT2D eigenvalue weighted by Crippen LogP contribution is -2.34. The summed E-state index contributed by atoms with van der Waals surface area (Å²) in [7, 11) is 0. The van der Waals surface area contributed by atoms with Crippen molar-refractivity contribution >= 4 is 5.91 Å². The van der Waals surface area contributed by atoms with E-state index in [4.69, 9.17) is 14.7 Å². The average Bonchev–Trinajstić information content (AvgIpc) is 3.36. The lowest BCUT2D eigenvalue weighted by atomic mass is 9.77. The zero-order chi connectivity index (χ0) is 18.6. The fraction of sp³-hybridized carbons (Fsp3) is 0.857. The van der Waals surface area contributed by atoms with Crippen LogP contribution in [0.5, 0.6) is 0 Å². The second-order valence-corrected chi connectivity index (χ2v) is 8.93. The topological polar surface area (TPSA) is 67.8 Å². The molecule has 148 valence electrons. The average molecular weight is 366 g/mol. The fourth-order valence-corrected chi connectivity index (χ4v) is 4.81. The van der Waals surface area contributed by atoms with Crippen molar-refractivity contribution in [3.05, 3.63) is 12.2 Å². The summed E-state index contributed by atoms with van der Waals surface area (Å²) in [5, 5.41) is 8.79. The highest BCUT2D eigenvalue weighted by molar-refractivity contribution is 5.80. The quantitative estimate of drug-likeness (QED) is 0.368. The third-order valence-corrected chi connectivity index (χ3v) is 6.64. The number of nitrogens with one attached hydrogen (secondary N) is 1. The van der Waals surface area contributed by atoms with E-state index < -0.39 is 5.41 Å². The van der Waals surface area contributed by atoms with E-state index in [9.17, 15) is 4.79 Å². The summed E-state index contributed by atoms with van der Waals surface area (Å²) < 4.78 is 12.4. The maximum atomic E-state index is 11.6. The molecule has 26 heavy (non-hydrogen) atoms. The van der Waals surface area contributed by atoms with Crippen LogP contribution >= 0.6 is 0 Å². The van der Waals surface area contributed by atoms with Gasteiger partial charge in [-0.05, 0) is 50.9 Å². The van der Waals surface area contributed by atoms with Crippen molar-refractivity contribution in [2.45, 2.75) is 89.9 Å². The molecule has 2 bridgehead atoms. The molecule has 1 aliphatic carbocycles. The number of hydrogen-bond donors (Lipinski definition) is 2. The van der Waals surface area contributed by atoms with Crippen LogP contribution in [0, 0.1) is 17.3 Å². The van der Waals surface area contributed by atoms with E-state index in [0.29, 0.717) is 30.1 Å². The summed E-state index contributed by atoms with van der Waals surface area (Å²) in [6.45, 7) is 4.56. The number of amides is 1. The molecule has 2 N–H and O–H groups in total. The lowest BCUT2D eigenvalue weighted by Gasteiger charge is -2.28. The first-order chi connectivity index (χ1) is 12.5. The van der Waals surface area contributed by atoms with Crippen LogP contribution in [0.3, 0.4) is 0 Å². The van der Waals surface area contributed by atoms with Crippen LogP contribution < -0.4 is 5.48 Å². The minimum absolute atomic E-state index is 0.323. The van der Waals surface area contributed by atoms with Crippen molar-refractivity contribution in [2.24, 2.45) is 17.3 Å². The Balaban J connectivity index is 1.44. The first-order valence-corrected chi connectivity index (χ1v) is 10.4. The van der Waals surface area contributed by atoms with Crippen LogP contribution in [-0.4, -0.2) is 36.0 Å². The molecule has 5 nitrogen and oxygen atoms in total. The zero-order valence-corrected chi connectivity index (χ0v) is 16.3. The second kappa shape index (κ2) is 8.85. The summed E-state index contributed by atoms with van der Waals surface area (Å²) in [6, 6.07) is 0. The predicted molar refractivity (Wildman–Crippen MR) is 99.8 cm³/mol. The van der Waals surface area contributed by atoms with E-state index in [-0.39, 0.29) is 5.91 Å². The van der Waals surface area contributed by atoms with Gasteiger partial charge in [0.15, 0.2) is 0 Å². The third kappa shape index (κ3) is 4.68. The first-order valence-electron chi connectivity index (χ1n) is 10.4. The Hall–Kier alpha value is -0.910. The van der Waals surface area contributed by atoms with Gasteiger partial charge in [0.25, 0.3) is 0 Å². The number of hydroxylamine groups is 1. The van der Waals surface area contributed by atoms with E-state index in [1.165, 1.54) is 38.5 Å². The molecule has 0 unspecified atom stereocenters. The van der Waals surface area contributed by atoms with Crippen LogP contribution in [0.15, 0.2) is 12.2 Å². The Morgan fingerprint density at radius 1 is 1.15 bits per heavy atom. The standard InChI is InChI=1S/C21H35NO4/c1-21(2,20(23)22-24)13-7-3-4-10-16-17(19-12-11-18(16)26-19)14-25-15-8-5-6-9-15/h3-4,15-19,24H,5-14H2,1-2H3,(H,22,23)/t16-,17+,18-,19+/m1/s1.